The summed E-state index contributed by atoms with van der Waals surface area (Å²) in [5.41, 5.74) is 3.46. The number of hydrogen-bond donors (Lipinski definition) is 0. The van der Waals surface area contributed by atoms with Crippen molar-refractivity contribution in [2.45, 2.75) is 32.4 Å². The summed E-state index contributed by atoms with van der Waals surface area (Å²) in [6.45, 7) is 5.98. The average molecular weight is 551 g/mol. The van der Waals surface area contributed by atoms with E-state index in [1.807, 2.05) is 26.0 Å². The summed E-state index contributed by atoms with van der Waals surface area (Å²) < 4.78 is 37.2. The molecule has 2 aromatic heterocycles. The molecule has 2 unspecified atom stereocenters. The van der Waals surface area contributed by atoms with E-state index in [0.29, 0.717) is 16.9 Å². The summed E-state index contributed by atoms with van der Waals surface area (Å²) in [5, 5.41) is 0.106. The van der Waals surface area contributed by atoms with Gasteiger partial charge in [-0.1, -0.05) is 6.92 Å². The van der Waals surface area contributed by atoms with Crippen molar-refractivity contribution in [2.75, 3.05) is 0 Å². The van der Waals surface area contributed by atoms with Crippen molar-refractivity contribution in [3.05, 3.63) is 52.2 Å². The molecule has 0 fully saturated rings. The standard InChI is InChI=1S/C19H15Br2F2NS3/c1-4-9-13-12(10-5-7(2)18(20)25-10)15(22)16(23)14(17(13)24-27-9)11-6-8(3)19(21)26-11/h5-6,9,13H,4H2,1-3H3. The van der Waals surface area contributed by atoms with E-state index < -0.39 is 11.7 Å². The fourth-order valence-corrected chi connectivity index (χ4v) is 7.59. The van der Waals surface area contributed by atoms with Crippen molar-refractivity contribution in [1.82, 2.24) is 0 Å². The molecule has 2 atom stereocenters. The number of rotatable bonds is 3. The summed E-state index contributed by atoms with van der Waals surface area (Å²) in [6.07, 6.45) is 0.840. The predicted molar refractivity (Wildman–Crippen MR) is 122 cm³/mol. The van der Waals surface area contributed by atoms with Crippen molar-refractivity contribution in [1.29, 1.82) is 0 Å². The fourth-order valence-electron chi connectivity index (χ4n) is 3.40. The van der Waals surface area contributed by atoms with Gasteiger partial charge in [0.2, 0.25) is 0 Å². The lowest BCUT2D eigenvalue weighted by atomic mass is 9.79. The minimum atomic E-state index is -0.798. The summed E-state index contributed by atoms with van der Waals surface area (Å²) in [4.78, 5) is 1.49. The third-order valence-corrected chi connectivity index (χ3v) is 10.3. The van der Waals surface area contributed by atoms with Crippen LogP contribution in [0.5, 0.6) is 0 Å². The highest BCUT2D eigenvalue weighted by Gasteiger charge is 2.45. The molecule has 0 spiro atoms. The molecule has 1 aliphatic carbocycles. The lowest BCUT2D eigenvalue weighted by Gasteiger charge is -2.27. The molecule has 142 valence electrons. The Morgan fingerprint density at radius 3 is 2.11 bits per heavy atom. The molecule has 0 bridgehead atoms. The molecule has 1 nitrogen and oxygen atoms in total. The van der Waals surface area contributed by atoms with Gasteiger partial charge in [0.25, 0.3) is 0 Å². The Kier molecular flexibility index (Phi) is 5.57. The quantitative estimate of drug-likeness (QED) is 0.349. The number of halogens is 4. The van der Waals surface area contributed by atoms with Gasteiger partial charge in [-0.05, 0) is 87.3 Å². The molecule has 2 aromatic rings. The van der Waals surface area contributed by atoms with Crippen LogP contribution in [0.1, 0.15) is 34.2 Å². The van der Waals surface area contributed by atoms with E-state index in [-0.39, 0.29) is 11.2 Å². The maximum Gasteiger partial charge on any atom is 0.169 e. The number of fused-ring (bicyclic) bond motifs is 1. The third kappa shape index (κ3) is 3.25. The van der Waals surface area contributed by atoms with E-state index in [1.165, 1.54) is 34.6 Å². The Balaban J connectivity index is 1.96. The fraction of sp³-hybridized carbons (Fsp3) is 0.316. The summed E-state index contributed by atoms with van der Waals surface area (Å²) in [5.74, 6) is -1.78. The van der Waals surface area contributed by atoms with Gasteiger partial charge in [-0.15, -0.1) is 22.7 Å². The van der Waals surface area contributed by atoms with Crippen molar-refractivity contribution < 1.29 is 8.78 Å². The predicted octanol–water partition coefficient (Wildman–Crippen LogP) is 8.52. The highest BCUT2D eigenvalue weighted by Crippen LogP contribution is 2.54. The van der Waals surface area contributed by atoms with Gasteiger partial charge in [-0.2, -0.15) is 0 Å². The zero-order chi connectivity index (χ0) is 19.5. The second-order valence-electron chi connectivity index (χ2n) is 6.56. The van der Waals surface area contributed by atoms with Crippen LogP contribution in [0, 0.1) is 19.8 Å². The molecule has 1 aliphatic heterocycles. The molecule has 4 rings (SSSR count). The lowest BCUT2D eigenvalue weighted by molar-refractivity contribution is 0.541. The third-order valence-electron chi connectivity index (χ3n) is 4.80. The number of allylic oxidation sites excluding steroid dienone is 4. The number of hydrogen-bond acceptors (Lipinski definition) is 4. The molecule has 0 amide bonds. The Bertz CT molecular complexity index is 993. The van der Waals surface area contributed by atoms with Crippen molar-refractivity contribution in [2.24, 2.45) is 10.3 Å². The molecule has 2 aliphatic rings. The van der Waals surface area contributed by atoms with Gasteiger partial charge in [0, 0.05) is 26.5 Å². The summed E-state index contributed by atoms with van der Waals surface area (Å²) in [6, 6.07) is 3.83. The Hall–Kier alpha value is -0.280. The molecular weight excluding hydrogens is 536 g/mol. The average Bonchev–Trinajstić information content (AvgIpc) is 3.28. The SMILES string of the molecule is CCC1SN=C2C(c3cc(C)c(Br)s3)=C(F)C(F)=C(c3cc(C)c(Br)s3)C21. The van der Waals surface area contributed by atoms with E-state index >= 15 is 8.78 Å². The van der Waals surface area contributed by atoms with Crippen LogP contribution in [-0.2, 0) is 0 Å². The zero-order valence-corrected chi connectivity index (χ0v) is 20.3. The first-order valence-corrected chi connectivity index (χ1v) is 12.5. The monoisotopic (exact) mass is 549 g/mol. The topological polar surface area (TPSA) is 12.4 Å². The van der Waals surface area contributed by atoms with E-state index in [0.717, 1.165) is 34.9 Å². The van der Waals surface area contributed by atoms with E-state index in [4.69, 9.17) is 0 Å². The van der Waals surface area contributed by atoms with E-state index in [2.05, 4.69) is 43.2 Å². The van der Waals surface area contributed by atoms with Gasteiger partial charge in [0.1, 0.15) is 0 Å². The number of nitrogens with zero attached hydrogens (tertiary/aromatic N) is 1. The molecule has 27 heavy (non-hydrogen) atoms. The normalized spacial score (nSPS) is 22.6. The first kappa shape index (κ1) is 20.0. The molecule has 3 heterocycles. The van der Waals surface area contributed by atoms with Gasteiger partial charge < -0.3 is 0 Å². The van der Waals surface area contributed by atoms with E-state index in [1.54, 1.807) is 0 Å². The van der Waals surface area contributed by atoms with Crippen LogP contribution in [0.25, 0.3) is 11.1 Å². The molecule has 8 heteroatoms. The smallest absolute Gasteiger partial charge is 0.169 e. The molecule has 0 radical (unpaired) electrons. The van der Waals surface area contributed by atoms with Crippen molar-refractivity contribution in [3.63, 3.8) is 0 Å². The molecule has 0 N–H and O–H groups in total. The van der Waals surface area contributed by atoms with Crippen LogP contribution in [-0.4, -0.2) is 11.0 Å². The van der Waals surface area contributed by atoms with Gasteiger partial charge in [0.15, 0.2) is 11.7 Å². The summed E-state index contributed by atoms with van der Waals surface area (Å²) >= 11 is 11.3. The van der Waals surface area contributed by atoms with Crippen LogP contribution in [0.2, 0.25) is 0 Å². The maximum atomic E-state index is 15.4. The molecule has 0 saturated heterocycles. The lowest BCUT2D eigenvalue weighted by Crippen LogP contribution is -2.27. The number of thiophene rings is 2. The van der Waals surface area contributed by atoms with Crippen LogP contribution >= 0.6 is 66.5 Å². The minimum absolute atomic E-state index is 0.106. The Morgan fingerprint density at radius 1 is 1.00 bits per heavy atom. The minimum Gasteiger partial charge on any atom is -0.219 e. The van der Waals surface area contributed by atoms with Gasteiger partial charge in [0.05, 0.1) is 18.9 Å². The number of aryl methyl sites for hydroxylation is 2. The van der Waals surface area contributed by atoms with Gasteiger partial charge >= 0.3 is 0 Å². The highest BCUT2D eigenvalue weighted by atomic mass is 79.9. The Morgan fingerprint density at radius 2 is 1.59 bits per heavy atom. The van der Waals surface area contributed by atoms with Gasteiger partial charge in [-0.3, -0.25) is 0 Å². The van der Waals surface area contributed by atoms with Gasteiger partial charge in [-0.25, -0.2) is 13.2 Å². The van der Waals surface area contributed by atoms with Crippen LogP contribution in [0.15, 0.2) is 35.8 Å². The Labute approximate surface area is 186 Å². The van der Waals surface area contributed by atoms with Crippen LogP contribution in [0.3, 0.4) is 0 Å². The second-order valence-corrected chi connectivity index (χ2v) is 12.3. The summed E-state index contributed by atoms with van der Waals surface area (Å²) in [7, 11) is 0. The van der Waals surface area contributed by atoms with Crippen molar-refractivity contribution in [3.8, 4) is 0 Å². The molecule has 0 aromatic carbocycles. The second kappa shape index (κ2) is 7.52. The van der Waals surface area contributed by atoms with Crippen molar-refractivity contribution >= 4 is 83.3 Å². The van der Waals surface area contributed by atoms with E-state index in [9.17, 15) is 0 Å². The zero-order valence-electron chi connectivity index (χ0n) is 14.7. The first-order valence-electron chi connectivity index (χ1n) is 8.40. The van der Waals surface area contributed by atoms with Crippen LogP contribution in [0.4, 0.5) is 8.78 Å². The first-order chi connectivity index (χ1) is 12.8. The molecule has 0 saturated carbocycles. The highest BCUT2D eigenvalue weighted by molar-refractivity contribution is 9.11. The molecular formula is C19H15Br2F2NS3. The largest absolute Gasteiger partial charge is 0.219 e. The maximum absolute atomic E-state index is 15.4. The van der Waals surface area contributed by atoms with Crippen LogP contribution < -0.4 is 0 Å².